The number of hydrogen-bond acceptors (Lipinski definition) is 3. The van der Waals surface area contributed by atoms with Gasteiger partial charge in [0.2, 0.25) is 0 Å². The molecule has 0 radical (unpaired) electrons. The lowest BCUT2D eigenvalue weighted by molar-refractivity contribution is -0.140. The molecule has 5 aromatic rings. The number of hydrogen-bond donors (Lipinski definition) is 1. The third kappa shape index (κ3) is 5.22. The first-order valence-corrected chi connectivity index (χ1v) is 14.4. The van der Waals surface area contributed by atoms with Gasteiger partial charge in [-0.05, 0) is 71.3 Å². The highest BCUT2D eigenvalue weighted by Gasteiger charge is 2.34. The van der Waals surface area contributed by atoms with Crippen molar-refractivity contribution < 1.29 is 23.8 Å². The number of carboxylic acids is 1. The van der Waals surface area contributed by atoms with Crippen molar-refractivity contribution in [2.24, 2.45) is 0 Å². The van der Waals surface area contributed by atoms with Gasteiger partial charge in [-0.3, -0.25) is 0 Å². The van der Waals surface area contributed by atoms with Crippen molar-refractivity contribution in [2.45, 2.75) is 57.8 Å². The molecule has 0 fully saturated rings. The molecular weight excluding hydrogens is 531 g/mol. The van der Waals surface area contributed by atoms with E-state index < -0.39 is 18.1 Å². The van der Waals surface area contributed by atoms with Crippen molar-refractivity contribution in [3.8, 4) is 0 Å². The van der Waals surface area contributed by atoms with Gasteiger partial charge in [0.15, 0.2) is 0 Å². The lowest BCUT2D eigenvalue weighted by Gasteiger charge is -2.35. The number of aromatic nitrogens is 1. The van der Waals surface area contributed by atoms with Crippen LogP contribution in [-0.2, 0) is 35.5 Å². The Morgan fingerprint density at radius 1 is 1.00 bits per heavy atom. The summed E-state index contributed by atoms with van der Waals surface area (Å²) in [6.07, 6.45) is 1.67. The van der Waals surface area contributed by atoms with Crippen LogP contribution in [0.4, 0.5) is 9.18 Å². The minimum absolute atomic E-state index is 0.158. The van der Waals surface area contributed by atoms with E-state index >= 15 is 0 Å². The third-order valence-corrected chi connectivity index (χ3v) is 8.42. The molecule has 0 spiro atoms. The van der Waals surface area contributed by atoms with Crippen molar-refractivity contribution in [3.05, 3.63) is 119 Å². The molecule has 2 unspecified atom stereocenters. The highest BCUT2D eigenvalue weighted by molar-refractivity contribution is 5.89. The number of aliphatic carboxylic acids is 1. The van der Waals surface area contributed by atoms with Gasteiger partial charge < -0.3 is 19.3 Å². The Hall–Kier alpha value is -4.65. The largest absolute Gasteiger partial charge is 0.480 e. The molecule has 0 saturated carbocycles. The van der Waals surface area contributed by atoms with E-state index in [1.807, 2.05) is 66.1 Å². The normalized spacial score (nSPS) is 15.3. The lowest BCUT2D eigenvalue weighted by atomic mass is 9.90. The number of fused-ring (bicyclic) bond motifs is 4. The fourth-order valence-corrected chi connectivity index (χ4v) is 6.39. The molecule has 1 aromatic heterocycles. The summed E-state index contributed by atoms with van der Waals surface area (Å²) in [6, 6.07) is 27.4. The third-order valence-electron chi connectivity index (χ3n) is 8.42. The zero-order valence-electron chi connectivity index (χ0n) is 23.5. The number of benzene rings is 4. The summed E-state index contributed by atoms with van der Waals surface area (Å²) < 4.78 is 22.3. The Kier molecular flexibility index (Phi) is 7.66. The number of nitrogens with zero attached hydrogens (tertiary/aromatic N) is 2. The first-order valence-electron chi connectivity index (χ1n) is 14.4. The Balaban J connectivity index is 1.38. The maximum atomic E-state index is 14.5. The summed E-state index contributed by atoms with van der Waals surface area (Å²) in [6.45, 7) is 2.36. The Bertz CT molecular complexity index is 1760. The molecule has 6 nitrogen and oxygen atoms in total. The van der Waals surface area contributed by atoms with Crippen LogP contribution in [0.25, 0.3) is 21.7 Å². The van der Waals surface area contributed by atoms with Crippen molar-refractivity contribution in [3.63, 3.8) is 0 Å². The highest BCUT2D eigenvalue weighted by atomic mass is 19.1. The SMILES string of the molecule is CCC(C(=O)O)n1c2c(c3cc(F)ccc31)CC(N(Cc1cccc3ccccc13)C(=O)OCc1ccccc1)CC2. The van der Waals surface area contributed by atoms with Gasteiger partial charge in [-0.25, -0.2) is 14.0 Å². The van der Waals surface area contributed by atoms with Crippen LogP contribution in [0, 0.1) is 5.82 Å². The second-order valence-corrected chi connectivity index (χ2v) is 10.9. The van der Waals surface area contributed by atoms with Gasteiger partial charge in [-0.2, -0.15) is 0 Å². The second-order valence-electron chi connectivity index (χ2n) is 10.9. The molecule has 7 heteroatoms. The molecule has 6 rings (SSSR count). The Morgan fingerprint density at radius 3 is 2.55 bits per heavy atom. The zero-order chi connectivity index (χ0) is 29.2. The fourth-order valence-electron chi connectivity index (χ4n) is 6.39. The zero-order valence-corrected chi connectivity index (χ0v) is 23.5. The average molecular weight is 565 g/mol. The fraction of sp³-hybridized carbons (Fsp3) is 0.257. The monoisotopic (exact) mass is 564 g/mol. The summed E-state index contributed by atoms with van der Waals surface area (Å²) in [5.41, 5.74) is 4.44. The Labute approximate surface area is 243 Å². The number of rotatable bonds is 8. The second kappa shape index (κ2) is 11.7. The van der Waals surface area contributed by atoms with Gasteiger partial charge in [0.05, 0.1) is 0 Å². The van der Waals surface area contributed by atoms with Gasteiger partial charge in [0.25, 0.3) is 0 Å². The maximum Gasteiger partial charge on any atom is 0.410 e. The number of carbonyl (C=O) groups excluding carboxylic acids is 1. The van der Waals surface area contributed by atoms with Crippen LogP contribution in [-0.4, -0.2) is 32.7 Å². The molecule has 1 aliphatic rings. The van der Waals surface area contributed by atoms with Gasteiger partial charge in [0.1, 0.15) is 18.5 Å². The van der Waals surface area contributed by atoms with Gasteiger partial charge in [-0.15, -0.1) is 0 Å². The van der Waals surface area contributed by atoms with E-state index in [4.69, 9.17) is 4.74 Å². The molecule has 0 aliphatic heterocycles. The number of ether oxygens (including phenoxy) is 1. The van der Waals surface area contributed by atoms with Gasteiger partial charge >= 0.3 is 12.1 Å². The number of carbonyl (C=O) groups is 2. The topological polar surface area (TPSA) is 71.8 Å². The average Bonchev–Trinajstić information content (AvgIpc) is 3.32. The van der Waals surface area contributed by atoms with Crippen LogP contribution < -0.4 is 0 Å². The van der Waals surface area contributed by atoms with Crippen LogP contribution in [0.3, 0.4) is 0 Å². The smallest absolute Gasteiger partial charge is 0.410 e. The van der Waals surface area contributed by atoms with E-state index in [0.29, 0.717) is 43.1 Å². The molecule has 2 atom stereocenters. The molecule has 4 aromatic carbocycles. The highest BCUT2D eigenvalue weighted by Crippen LogP contribution is 2.38. The quantitative estimate of drug-likeness (QED) is 0.210. The first kappa shape index (κ1) is 27.5. The molecule has 0 saturated heterocycles. The predicted molar refractivity (Wildman–Crippen MR) is 161 cm³/mol. The van der Waals surface area contributed by atoms with Crippen LogP contribution in [0.1, 0.15) is 48.2 Å². The minimum Gasteiger partial charge on any atom is -0.480 e. The van der Waals surface area contributed by atoms with Crippen LogP contribution in [0.5, 0.6) is 0 Å². The van der Waals surface area contributed by atoms with E-state index in [1.54, 1.807) is 11.0 Å². The molecule has 1 amide bonds. The molecule has 1 N–H and O–H groups in total. The Morgan fingerprint density at radius 2 is 1.76 bits per heavy atom. The first-order chi connectivity index (χ1) is 20.4. The van der Waals surface area contributed by atoms with Crippen molar-refractivity contribution in [2.75, 3.05) is 0 Å². The summed E-state index contributed by atoms with van der Waals surface area (Å²) >= 11 is 0. The molecule has 214 valence electrons. The van der Waals surface area contributed by atoms with Crippen molar-refractivity contribution >= 4 is 33.7 Å². The summed E-state index contributed by atoms with van der Waals surface area (Å²) in [7, 11) is 0. The maximum absolute atomic E-state index is 14.5. The van der Waals surface area contributed by atoms with E-state index in [9.17, 15) is 19.1 Å². The van der Waals surface area contributed by atoms with Crippen LogP contribution >= 0.6 is 0 Å². The van der Waals surface area contributed by atoms with Crippen LogP contribution in [0.2, 0.25) is 0 Å². The molecule has 0 bridgehead atoms. The molecule has 1 aliphatic carbocycles. The number of carboxylic acid groups (broad SMARTS) is 1. The minimum atomic E-state index is -0.911. The van der Waals surface area contributed by atoms with E-state index in [2.05, 4.69) is 18.2 Å². The van der Waals surface area contributed by atoms with E-state index in [-0.39, 0.29) is 18.5 Å². The lowest BCUT2D eigenvalue weighted by Crippen LogP contribution is -2.43. The van der Waals surface area contributed by atoms with Crippen molar-refractivity contribution in [1.82, 2.24) is 9.47 Å². The predicted octanol–water partition coefficient (Wildman–Crippen LogP) is 7.67. The van der Waals surface area contributed by atoms with Gasteiger partial charge in [0, 0.05) is 29.2 Å². The molecular formula is C35H33FN2O4. The van der Waals surface area contributed by atoms with E-state index in [1.165, 1.54) is 12.1 Å². The molecule has 42 heavy (non-hydrogen) atoms. The summed E-state index contributed by atoms with van der Waals surface area (Å²) in [5, 5.41) is 12.9. The van der Waals surface area contributed by atoms with Crippen molar-refractivity contribution in [1.29, 1.82) is 0 Å². The number of halogens is 1. The molecule has 1 heterocycles. The van der Waals surface area contributed by atoms with E-state index in [0.717, 1.165) is 33.2 Å². The summed E-state index contributed by atoms with van der Waals surface area (Å²) in [4.78, 5) is 27.8. The standard InChI is InChI=1S/C35H33FN2O4/c1-2-31(34(39)40)38-32-17-15-26(36)19-29(32)30-20-27(16-18-33(30)38)37(35(41)42-22-23-9-4-3-5-10-23)21-25-13-8-12-24-11-6-7-14-28(24)25/h3-15,17,19,27,31H,2,16,18,20-22H2,1H3,(H,39,40). The summed E-state index contributed by atoms with van der Waals surface area (Å²) in [5.74, 6) is -1.28. The van der Waals surface area contributed by atoms with Gasteiger partial charge in [-0.1, -0.05) is 79.7 Å². The van der Waals surface area contributed by atoms with Crippen LogP contribution in [0.15, 0.2) is 91.0 Å². The number of amides is 1.